The summed E-state index contributed by atoms with van der Waals surface area (Å²) < 4.78 is 40.2. The Morgan fingerprint density at radius 3 is 1.79 bits per heavy atom. The molecule has 2 aliphatic rings. The Labute approximate surface area is 168 Å². The van der Waals surface area contributed by atoms with E-state index in [4.69, 9.17) is 0 Å². The van der Waals surface area contributed by atoms with Crippen LogP contribution in [0.5, 0.6) is 0 Å². The smallest absolute Gasteiger partial charge is 0.194 e. The van der Waals surface area contributed by atoms with Gasteiger partial charge in [0.2, 0.25) is 0 Å². The number of hydrogen-bond acceptors (Lipinski definition) is 0. The Morgan fingerprint density at radius 2 is 1.25 bits per heavy atom. The molecular weight excluding hydrogens is 357 g/mol. The van der Waals surface area contributed by atoms with Crippen molar-refractivity contribution >= 4 is 0 Å². The molecule has 0 bridgehead atoms. The molecule has 2 aliphatic carbocycles. The van der Waals surface area contributed by atoms with E-state index in [0.717, 1.165) is 49.9 Å². The van der Waals surface area contributed by atoms with E-state index in [9.17, 15) is 13.2 Å². The maximum Gasteiger partial charge on any atom is 0.194 e. The van der Waals surface area contributed by atoms with Crippen molar-refractivity contribution in [2.45, 2.75) is 89.9 Å². The van der Waals surface area contributed by atoms with Crippen LogP contribution in [-0.2, 0) is 0 Å². The molecule has 3 heteroatoms. The van der Waals surface area contributed by atoms with Gasteiger partial charge >= 0.3 is 0 Å². The second-order valence-corrected chi connectivity index (χ2v) is 9.10. The van der Waals surface area contributed by atoms with Crippen molar-refractivity contribution < 1.29 is 13.2 Å². The van der Waals surface area contributed by atoms with Crippen LogP contribution >= 0.6 is 0 Å². The van der Waals surface area contributed by atoms with Gasteiger partial charge in [0, 0.05) is 0 Å². The van der Waals surface area contributed by atoms with Crippen molar-refractivity contribution in [3.8, 4) is 0 Å². The van der Waals surface area contributed by atoms with E-state index in [2.05, 4.69) is 19.1 Å². The average Bonchev–Trinajstić information content (AvgIpc) is 2.71. The van der Waals surface area contributed by atoms with Gasteiger partial charge in [-0.25, -0.2) is 13.2 Å². The first-order valence-electron chi connectivity index (χ1n) is 11.4. The summed E-state index contributed by atoms with van der Waals surface area (Å²) in [6.45, 7) is 2.19. The molecule has 1 aromatic rings. The zero-order chi connectivity index (χ0) is 19.9. The first-order valence-corrected chi connectivity index (χ1v) is 11.4. The van der Waals surface area contributed by atoms with Gasteiger partial charge in [-0.2, -0.15) is 0 Å². The molecule has 0 radical (unpaired) electrons. The summed E-state index contributed by atoms with van der Waals surface area (Å²) in [4.78, 5) is 0. The molecule has 0 aliphatic heterocycles. The normalized spacial score (nSPS) is 28.7. The fourth-order valence-electron chi connectivity index (χ4n) is 5.28. The fraction of sp³-hybridized carbons (Fsp3) is 0.680. The fourth-order valence-corrected chi connectivity index (χ4v) is 5.28. The van der Waals surface area contributed by atoms with Gasteiger partial charge in [-0.1, -0.05) is 44.8 Å². The second-order valence-electron chi connectivity index (χ2n) is 9.10. The molecule has 28 heavy (non-hydrogen) atoms. The van der Waals surface area contributed by atoms with Gasteiger partial charge in [0.1, 0.15) is 0 Å². The van der Waals surface area contributed by atoms with E-state index in [1.807, 2.05) is 0 Å². The standard InChI is InChI=1S/C25H35F3/c1-2-3-4-5-18-6-8-19(9-7-18)10-11-20-12-14-21(15-13-20)22-16-23(26)25(28)24(27)17-22/h3-4,16-21H,2,5-15H2,1H3/b4-3+. The van der Waals surface area contributed by atoms with Crippen LogP contribution in [0.3, 0.4) is 0 Å². The summed E-state index contributed by atoms with van der Waals surface area (Å²) in [5.74, 6) is -0.760. The van der Waals surface area contributed by atoms with E-state index in [1.165, 1.54) is 57.1 Å². The highest BCUT2D eigenvalue weighted by atomic mass is 19.2. The van der Waals surface area contributed by atoms with E-state index < -0.39 is 17.5 Å². The maximum atomic E-state index is 13.5. The van der Waals surface area contributed by atoms with Crippen LogP contribution in [0.1, 0.15) is 95.5 Å². The number of rotatable bonds is 7. The van der Waals surface area contributed by atoms with Gasteiger partial charge in [-0.3, -0.25) is 0 Å². The molecule has 0 aromatic heterocycles. The van der Waals surface area contributed by atoms with Crippen LogP contribution in [0, 0.1) is 35.2 Å². The van der Waals surface area contributed by atoms with Crippen molar-refractivity contribution in [3.63, 3.8) is 0 Å². The average molecular weight is 393 g/mol. The molecule has 0 amide bonds. The van der Waals surface area contributed by atoms with Crippen molar-refractivity contribution in [2.75, 3.05) is 0 Å². The summed E-state index contributed by atoms with van der Waals surface area (Å²) >= 11 is 0. The van der Waals surface area contributed by atoms with E-state index >= 15 is 0 Å². The van der Waals surface area contributed by atoms with Crippen molar-refractivity contribution in [1.29, 1.82) is 0 Å². The van der Waals surface area contributed by atoms with Gasteiger partial charge < -0.3 is 0 Å². The van der Waals surface area contributed by atoms with Crippen LogP contribution < -0.4 is 0 Å². The zero-order valence-corrected chi connectivity index (χ0v) is 17.2. The predicted molar refractivity (Wildman–Crippen MR) is 110 cm³/mol. The molecule has 0 heterocycles. The molecular formula is C25H35F3. The third-order valence-corrected chi connectivity index (χ3v) is 7.15. The molecule has 2 saturated carbocycles. The van der Waals surface area contributed by atoms with Gasteiger partial charge in [-0.15, -0.1) is 0 Å². The van der Waals surface area contributed by atoms with Gasteiger partial charge in [0.25, 0.3) is 0 Å². The van der Waals surface area contributed by atoms with Crippen LogP contribution in [0.4, 0.5) is 13.2 Å². The van der Waals surface area contributed by atoms with Crippen LogP contribution in [0.15, 0.2) is 24.3 Å². The number of hydrogen-bond donors (Lipinski definition) is 0. The van der Waals surface area contributed by atoms with Gasteiger partial charge in [0.05, 0.1) is 0 Å². The molecule has 0 unspecified atom stereocenters. The Balaban J connectivity index is 1.37. The van der Waals surface area contributed by atoms with Gasteiger partial charge in [-0.05, 0) is 92.7 Å². The largest absolute Gasteiger partial charge is 0.204 e. The highest BCUT2D eigenvalue weighted by molar-refractivity contribution is 5.23. The topological polar surface area (TPSA) is 0 Å². The van der Waals surface area contributed by atoms with E-state index in [0.29, 0.717) is 5.56 Å². The van der Waals surface area contributed by atoms with Crippen LogP contribution in [0.25, 0.3) is 0 Å². The Morgan fingerprint density at radius 1 is 0.750 bits per heavy atom. The highest BCUT2D eigenvalue weighted by Crippen LogP contribution is 2.40. The molecule has 2 fully saturated rings. The minimum atomic E-state index is -1.35. The SMILES string of the molecule is CC/C=C/CC1CCC(CCC2CCC(c3cc(F)c(F)c(F)c3)CC2)CC1. The molecule has 0 atom stereocenters. The maximum absolute atomic E-state index is 13.5. The molecule has 0 nitrogen and oxygen atoms in total. The first kappa shape index (κ1) is 21.5. The van der Waals surface area contributed by atoms with Crippen molar-refractivity contribution in [3.05, 3.63) is 47.3 Å². The number of halogens is 3. The molecule has 156 valence electrons. The van der Waals surface area contributed by atoms with E-state index in [-0.39, 0.29) is 5.92 Å². The van der Waals surface area contributed by atoms with Crippen LogP contribution in [-0.4, -0.2) is 0 Å². The molecule has 0 spiro atoms. The quantitative estimate of drug-likeness (QED) is 0.323. The lowest BCUT2D eigenvalue weighted by molar-refractivity contribution is 0.231. The molecule has 0 saturated heterocycles. The summed E-state index contributed by atoms with van der Waals surface area (Å²) in [6, 6.07) is 2.38. The Bertz CT molecular complexity index is 612. The summed E-state index contributed by atoms with van der Waals surface area (Å²) in [6.07, 6.45) is 19.4. The minimum absolute atomic E-state index is 0.174. The van der Waals surface area contributed by atoms with Crippen LogP contribution in [0.2, 0.25) is 0 Å². The number of allylic oxidation sites excluding steroid dienone is 2. The predicted octanol–water partition coefficient (Wildman–Crippen LogP) is 8.32. The highest BCUT2D eigenvalue weighted by Gasteiger charge is 2.26. The Kier molecular flexibility index (Phi) is 8.05. The summed E-state index contributed by atoms with van der Waals surface area (Å²) in [7, 11) is 0. The van der Waals surface area contributed by atoms with Gasteiger partial charge in [0.15, 0.2) is 17.5 Å². The molecule has 3 rings (SSSR count). The monoisotopic (exact) mass is 392 g/mol. The molecule has 1 aromatic carbocycles. The lowest BCUT2D eigenvalue weighted by atomic mass is 9.74. The number of benzene rings is 1. The zero-order valence-electron chi connectivity index (χ0n) is 17.2. The second kappa shape index (κ2) is 10.5. The summed E-state index contributed by atoms with van der Waals surface area (Å²) in [5, 5.41) is 0. The van der Waals surface area contributed by atoms with E-state index in [1.54, 1.807) is 0 Å². The third-order valence-electron chi connectivity index (χ3n) is 7.15. The Hall–Kier alpha value is -1.25. The lowest BCUT2D eigenvalue weighted by Crippen LogP contribution is -2.18. The lowest BCUT2D eigenvalue weighted by Gasteiger charge is -2.32. The van der Waals surface area contributed by atoms with Crippen molar-refractivity contribution in [2.24, 2.45) is 17.8 Å². The molecule has 0 N–H and O–H groups in total. The first-order chi connectivity index (χ1) is 13.6. The third kappa shape index (κ3) is 5.87. The van der Waals surface area contributed by atoms with Crippen molar-refractivity contribution in [1.82, 2.24) is 0 Å². The minimum Gasteiger partial charge on any atom is -0.204 e. The summed E-state index contributed by atoms with van der Waals surface area (Å²) in [5.41, 5.74) is 0.630.